The van der Waals surface area contributed by atoms with Crippen LogP contribution < -0.4 is 0 Å². The third kappa shape index (κ3) is 3.01. The van der Waals surface area contributed by atoms with Crippen molar-refractivity contribution >= 4 is 12.7 Å². The Balaban J connectivity index is 2.33. The summed E-state index contributed by atoms with van der Waals surface area (Å²) in [4.78, 5) is 10.9. The second kappa shape index (κ2) is 5.53. The number of nitriles is 1. The monoisotopic (exact) mass is 272 g/mol. The Morgan fingerprint density at radius 3 is 2.95 bits per heavy atom. The number of halogens is 1. The molecular weight excluding hydrogens is 262 g/mol. The average molecular weight is 272 g/mol. The number of benzene rings is 1. The topological polar surface area (TPSA) is 91.8 Å². The van der Waals surface area contributed by atoms with Crippen molar-refractivity contribution in [1.29, 1.82) is 5.26 Å². The molecule has 0 aliphatic rings. The molecule has 100 valence electrons. The standard InChI is InChI=1S/C12H10BFN4O2/c1-13(7-15)5-10-6-18(17-16-10)11-3-8(12(19)20)2-9(14)4-11/h2-4,6H,5H2,1H3,(H,19,20). The Labute approximate surface area is 114 Å². The lowest BCUT2D eigenvalue weighted by molar-refractivity contribution is 0.0696. The molecule has 0 aliphatic heterocycles. The molecule has 0 saturated carbocycles. The SMILES string of the molecule is CB(C#N)Cc1cn(-c2cc(F)cc(C(=O)O)c2)nn1. The van der Waals surface area contributed by atoms with Crippen LogP contribution >= 0.6 is 0 Å². The maximum atomic E-state index is 13.4. The van der Waals surface area contributed by atoms with Crippen molar-refractivity contribution in [3.05, 3.63) is 41.5 Å². The highest BCUT2D eigenvalue weighted by atomic mass is 19.1. The van der Waals surface area contributed by atoms with E-state index >= 15 is 0 Å². The molecule has 0 atom stereocenters. The first kappa shape index (κ1) is 13.7. The van der Waals surface area contributed by atoms with Gasteiger partial charge in [-0.15, -0.1) is 5.10 Å². The van der Waals surface area contributed by atoms with Gasteiger partial charge in [0.15, 0.2) is 0 Å². The first-order valence-corrected chi connectivity index (χ1v) is 5.84. The van der Waals surface area contributed by atoms with Gasteiger partial charge in [0.25, 0.3) is 6.71 Å². The van der Waals surface area contributed by atoms with Gasteiger partial charge in [0.1, 0.15) is 5.82 Å². The molecule has 0 bridgehead atoms. The predicted octanol–water partition coefficient (Wildman–Crippen LogP) is 1.37. The molecule has 2 aromatic rings. The van der Waals surface area contributed by atoms with Crippen LogP contribution in [0.3, 0.4) is 0 Å². The zero-order valence-electron chi connectivity index (χ0n) is 10.6. The number of nitrogens with zero attached hydrogens (tertiary/aromatic N) is 4. The average Bonchev–Trinajstić information content (AvgIpc) is 2.86. The Morgan fingerprint density at radius 1 is 1.55 bits per heavy atom. The van der Waals surface area contributed by atoms with Gasteiger partial charge >= 0.3 is 5.97 Å². The fourth-order valence-corrected chi connectivity index (χ4v) is 1.71. The van der Waals surface area contributed by atoms with E-state index in [1.807, 2.05) is 0 Å². The van der Waals surface area contributed by atoms with Crippen molar-refractivity contribution in [2.45, 2.75) is 13.1 Å². The fraction of sp³-hybridized carbons (Fsp3) is 0.167. The minimum Gasteiger partial charge on any atom is -0.478 e. The highest BCUT2D eigenvalue weighted by Crippen LogP contribution is 2.13. The van der Waals surface area contributed by atoms with Crippen LogP contribution in [0, 0.1) is 17.0 Å². The normalized spacial score (nSPS) is 10.1. The molecule has 1 aromatic carbocycles. The number of aromatic nitrogens is 3. The third-order valence-electron chi connectivity index (χ3n) is 2.67. The van der Waals surface area contributed by atoms with Crippen molar-refractivity contribution in [2.24, 2.45) is 0 Å². The van der Waals surface area contributed by atoms with E-state index in [-0.39, 0.29) is 18.0 Å². The molecule has 0 radical (unpaired) electrons. The minimum absolute atomic E-state index is 0.164. The summed E-state index contributed by atoms with van der Waals surface area (Å²) in [5.41, 5.74) is 0.688. The van der Waals surface area contributed by atoms with Gasteiger partial charge in [-0.05, 0) is 24.5 Å². The Kier molecular flexibility index (Phi) is 3.80. The van der Waals surface area contributed by atoms with Crippen LogP contribution in [0.1, 0.15) is 16.1 Å². The zero-order valence-corrected chi connectivity index (χ0v) is 10.6. The van der Waals surface area contributed by atoms with Gasteiger partial charge in [-0.2, -0.15) is 0 Å². The smallest absolute Gasteiger partial charge is 0.335 e. The molecule has 1 N–H and O–H groups in total. The Bertz CT molecular complexity index is 695. The maximum Gasteiger partial charge on any atom is 0.335 e. The van der Waals surface area contributed by atoms with Crippen LogP contribution in [-0.4, -0.2) is 32.8 Å². The molecule has 0 unspecified atom stereocenters. The summed E-state index contributed by atoms with van der Waals surface area (Å²) in [6.45, 7) is 1.55. The quantitative estimate of drug-likeness (QED) is 0.848. The van der Waals surface area contributed by atoms with E-state index in [4.69, 9.17) is 10.4 Å². The highest BCUT2D eigenvalue weighted by molar-refractivity contribution is 6.64. The number of carboxylic acids is 1. The van der Waals surface area contributed by atoms with E-state index in [0.29, 0.717) is 12.0 Å². The third-order valence-corrected chi connectivity index (χ3v) is 2.67. The minimum atomic E-state index is -1.22. The number of aromatic carboxylic acids is 1. The number of hydrogen-bond acceptors (Lipinski definition) is 4. The Hall–Kier alpha value is -2.69. The van der Waals surface area contributed by atoms with Gasteiger partial charge in [0.2, 0.25) is 0 Å². The van der Waals surface area contributed by atoms with Crippen molar-refractivity contribution in [1.82, 2.24) is 15.0 Å². The highest BCUT2D eigenvalue weighted by Gasteiger charge is 2.13. The van der Waals surface area contributed by atoms with Gasteiger partial charge < -0.3 is 5.11 Å². The van der Waals surface area contributed by atoms with E-state index in [0.717, 1.165) is 6.07 Å². The summed E-state index contributed by atoms with van der Waals surface area (Å²) in [5, 5.41) is 25.3. The first-order chi connectivity index (χ1) is 9.49. The van der Waals surface area contributed by atoms with Crippen LogP contribution in [0.4, 0.5) is 4.39 Å². The lowest BCUT2D eigenvalue weighted by Gasteiger charge is -2.02. The molecule has 20 heavy (non-hydrogen) atoms. The molecule has 1 heterocycles. The van der Waals surface area contributed by atoms with Crippen molar-refractivity contribution in [3.63, 3.8) is 0 Å². The van der Waals surface area contributed by atoms with E-state index in [1.54, 1.807) is 13.0 Å². The van der Waals surface area contributed by atoms with Gasteiger partial charge in [-0.3, -0.25) is 0 Å². The van der Waals surface area contributed by atoms with Gasteiger partial charge in [-0.1, -0.05) is 12.0 Å². The lowest BCUT2D eigenvalue weighted by Crippen LogP contribution is -2.08. The molecule has 0 spiro atoms. The number of carboxylic acid groups (broad SMARTS) is 1. The van der Waals surface area contributed by atoms with Crippen molar-refractivity contribution < 1.29 is 14.3 Å². The van der Waals surface area contributed by atoms with Gasteiger partial charge in [0.05, 0.1) is 23.1 Å². The molecule has 2 rings (SSSR count). The molecule has 0 aliphatic carbocycles. The lowest BCUT2D eigenvalue weighted by atomic mass is 9.51. The molecule has 6 nitrogen and oxygen atoms in total. The first-order valence-electron chi connectivity index (χ1n) is 5.84. The zero-order chi connectivity index (χ0) is 14.7. The molecule has 1 aromatic heterocycles. The number of carbonyl (C=O) groups is 1. The molecule has 8 heteroatoms. The van der Waals surface area contributed by atoms with Crippen LogP contribution in [0.5, 0.6) is 0 Å². The second-order valence-electron chi connectivity index (χ2n) is 4.39. The summed E-state index contributed by atoms with van der Waals surface area (Å²) in [6, 6.07) is 3.40. The summed E-state index contributed by atoms with van der Waals surface area (Å²) < 4.78 is 14.7. The summed E-state index contributed by atoms with van der Waals surface area (Å²) in [5.74, 6) is 0.198. The fourth-order valence-electron chi connectivity index (χ4n) is 1.71. The van der Waals surface area contributed by atoms with E-state index in [9.17, 15) is 9.18 Å². The van der Waals surface area contributed by atoms with Crippen LogP contribution in [0.15, 0.2) is 24.4 Å². The Morgan fingerprint density at radius 2 is 2.30 bits per heavy atom. The van der Waals surface area contributed by atoms with Crippen molar-refractivity contribution in [2.75, 3.05) is 0 Å². The summed E-state index contributed by atoms with van der Waals surface area (Å²) in [7, 11) is 0. The van der Waals surface area contributed by atoms with Crippen LogP contribution in [-0.2, 0) is 6.32 Å². The van der Waals surface area contributed by atoms with E-state index in [2.05, 4.69) is 16.3 Å². The largest absolute Gasteiger partial charge is 0.478 e. The molecule has 0 saturated heterocycles. The summed E-state index contributed by atoms with van der Waals surface area (Å²) in [6.07, 6.45) is 1.98. The summed E-state index contributed by atoms with van der Waals surface area (Å²) >= 11 is 0. The number of rotatable bonds is 4. The van der Waals surface area contributed by atoms with Crippen molar-refractivity contribution in [3.8, 4) is 11.7 Å². The predicted molar refractivity (Wildman–Crippen MR) is 69.2 cm³/mol. The van der Waals surface area contributed by atoms with Gasteiger partial charge in [-0.25, -0.2) is 19.1 Å². The molecule has 0 fully saturated rings. The molecular formula is C12H10BFN4O2. The van der Waals surface area contributed by atoms with E-state index in [1.165, 1.54) is 16.8 Å². The van der Waals surface area contributed by atoms with Crippen LogP contribution in [0.25, 0.3) is 5.69 Å². The van der Waals surface area contributed by atoms with E-state index < -0.39 is 11.8 Å². The molecule has 0 amide bonds. The maximum absolute atomic E-state index is 13.4. The van der Waals surface area contributed by atoms with Crippen LogP contribution in [0.2, 0.25) is 6.82 Å². The number of hydrogen-bond donors (Lipinski definition) is 1. The second-order valence-corrected chi connectivity index (χ2v) is 4.39. The van der Waals surface area contributed by atoms with Gasteiger partial charge in [0, 0.05) is 5.97 Å².